The van der Waals surface area contributed by atoms with Crippen molar-refractivity contribution in [3.05, 3.63) is 35.7 Å². The van der Waals surface area contributed by atoms with Crippen molar-refractivity contribution in [2.75, 3.05) is 6.54 Å². The number of nitrogens with two attached hydrogens (primary N) is 1. The Morgan fingerprint density at radius 1 is 1.53 bits per heavy atom. The molecule has 0 saturated heterocycles. The van der Waals surface area contributed by atoms with Gasteiger partial charge in [0.25, 0.3) is 0 Å². The lowest BCUT2D eigenvalue weighted by Crippen LogP contribution is -2.24. The van der Waals surface area contributed by atoms with E-state index in [1.54, 1.807) is 0 Å². The molecule has 0 amide bonds. The van der Waals surface area contributed by atoms with Gasteiger partial charge in [-0.3, -0.25) is 5.84 Å². The average Bonchev–Trinajstić information content (AvgIpc) is 2.30. The molecule has 1 aliphatic rings. The van der Waals surface area contributed by atoms with Gasteiger partial charge in [-0.05, 0) is 24.8 Å². The summed E-state index contributed by atoms with van der Waals surface area (Å²) in [5.74, 6) is 5.49. The van der Waals surface area contributed by atoms with Crippen LogP contribution in [0.25, 0.3) is 0 Å². The first-order valence-corrected chi connectivity index (χ1v) is 5.65. The molecule has 84 valence electrons. The number of hydrogen-bond acceptors (Lipinski definition) is 3. The Balaban J connectivity index is 2.46. The highest BCUT2D eigenvalue weighted by atomic mass is 15.2. The first-order valence-electron chi connectivity index (χ1n) is 5.65. The highest BCUT2D eigenvalue weighted by Gasteiger charge is 2.02. The van der Waals surface area contributed by atoms with E-state index in [1.807, 2.05) is 6.20 Å². The van der Waals surface area contributed by atoms with E-state index >= 15 is 0 Å². The van der Waals surface area contributed by atoms with Gasteiger partial charge >= 0.3 is 0 Å². The van der Waals surface area contributed by atoms with E-state index in [2.05, 4.69) is 35.9 Å². The van der Waals surface area contributed by atoms with Crippen LogP contribution in [0.5, 0.6) is 0 Å². The Labute approximate surface area is 92.1 Å². The molecule has 0 aromatic carbocycles. The molecule has 3 nitrogen and oxygen atoms in total. The maximum absolute atomic E-state index is 5.49. The number of unbranched alkanes of at least 4 members (excludes halogenated alkanes) is 1. The van der Waals surface area contributed by atoms with Crippen LogP contribution in [-0.2, 0) is 0 Å². The van der Waals surface area contributed by atoms with E-state index < -0.39 is 0 Å². The summed E-state index contributed by atoms with van der Waals surface area (Å²) in [4.78, 5) is 0. The molecule has 0 unspecified atom stereocenters. The fourth-order valence-electron chi connectivity index (χ4n) is 1.47. The minimum Gasteiger partial charge on any atom is -0.389 e. The first-order chi connectivity index (χ1) is 7.38. The van der Waals surface area contributed by atoms with Crippen LogP contribution in [0.1, 0.15) is 32.6 Å². The SMILES string of the molecule is CCCCN/C=C(\NN)C1=CCCC=C1. The van der Waals surface area contributed by atoms with Gasteiger partial charge in [0.15, 0.2) is 0 Å². The number of hydrazine groups is 1. The standard InChI is InChI=1S/C12H21N3/c1-2-3-9-14-10-12(15-13)11-7-5-4-6-8-11/h5,7-8,10,14-15H,2-4,6,9,13H2,1H3/b12-10-. The second-order valence-electron chi connectivity index (χ2n) is 3.65. The van der Waals surface area contributed by atoms with Crippen LogP contribution in [0, 0.1) is 0 Å². The van der Waals surface area contributed by atoms with Crippen LogP contribution in [0.3, 0.4) is 0 Å². The van der Waals surface area contributed by atoms with Crippen LogP contribution >= 0.6 is 0 Å². The zero-order valence-electron chi connectivity index (χ0n) is 9.42. The summed E-state index contributed by atoms with van der Waals surface area (Å²) in [6, 6.07) is 0. The van der Waals surface area contributed by atoms with Crippen molar-refractivity contribution in [3.8, 4) is 0 Å². The molecule has 3 heteroatoms. The Hall–Kier alpha value is -1.22. The Morgan fingerprint density at radius 2 is 2.40 bits per heavy atom. The maximum atomic E-state index is 5.49. The molecule has 0 bridgehead atoms. The van der Waals surface area contributed by atoms with Crippen molar-refractivity contribution in [3.63, 3.8) is 0 Å². The zero-order chi connectivity index (χ0) is 10.9. The van der Waals surface area contributed by atoms with Gasteiger partial charge in [-0.25, -0.2) is 0 Å². The van der Waals surface area contributed by atoms with Crippen molar-refractivity contribution in [2.45, 2.75) is 32.6 Å². The van der Waals surface area contributed by atoms with E-state index in [0.717, 1.165) is 25.1 Å². The molecule has 0 heterocycles. The van der Waals surface area contributed by atoms with Crippen molar-refractivity contribution < 1.29 is 0 Å². The van der Waals surface area contributed by atoms with E-state index in [-0.39, 0.29) is 0 Å². The van der Waals surface area contributed by atoms with Crippen molar-refractivity contribution >= 4 is 0 Å². The summed E-state index contributed by atoms with van der Waals surface area (Å²) in [6.45, 7) is 3.18. The number of nitrogens with one attached hydrogen (secondary N) is 2. The molecule has 0 aromatic rings. The Morgan fingerprint density at radius 3 is 3.00 bits per heavy atom. The quantitative estimate of drug-likeness (QED) is 0.354. The smallest absolute Gasteiger partial charge is 0.0712 e. The minimum atomic E-state index is 0.960. The van der Waals surface area contributed by atoms with Gasteiger partial charge in [-0.2, -0.15) is 0 Å². The molecule has 1 aliphatic carbocycles. The highest BCUT2D eigenvalue weighted by molar-refractivity contribution is 5.39. The van der Waals surface area contributed by atoms with Gasteiger partial charge < -0.3 is 10.7 Å². The third-order valence-corrected chi connectivity index (χ3v) is 2.38. The van der Waals surface area contributed by atoms with Gasteiger partial charge in [0.05, 0.1) is 5.70 Å². The Kier molecular flexibility index (Phi) is 5.63. The lowest BCUT2D eigenvalue weighted by atomic mass is 10.1. The van der Waals surface area contributed by atoms with E-state index in [9.17, 15) is 0 Å². The molecular weight excluding hydrogens is 186 g/mol. The fourth-order valence-corrected chi connectivity index (χ4v) is 1.47. The molecular formula is C12H21N3. The molecule has 0 aliphatic heterocycles. The zero-order valence-corrected chi connectivity index (χ0v) is 9.42. The minimum absolute atomic E-state index is 0.960. The van der Waals surface area contributed by atoms with Gasteiger partial charge in [0.1, 0.15) is 0 Å². The summed E-state index contributed by atoms with van der Waals surface area (Å²) in [5.41, 5.74) is 4.86. The molecule has 0 spiro atoms. The summed E-state index contributed by atoms with van der Waals surface area (Å²) in [7, 11) is 0. The molecule has 1 rings (SSSR count). The summed E-state index contributed by atoms with van der Waals surface area (Å²) in [6.07, 6.45) is 13.1. The van der Waals surface area contributed by atoms with Crippen LogP contribution in [0.15, 0.2) is 35.7 Å². The largest absolute Gasteiger partial charge is 0.389 e. The van der Waals surface area contributed by atoms with Gasteiger partial charge in [-0.1, -0.05) is 31.6 Å². The first kappa shape index (κ1) is 11.9. The van der Waals surface area contributed by atoms with E-state index in [1.165, 1.54) is 18.4 Å². The van der Waals surface area contributed by atoms with Crippen molar-refractivity contribution in [1.82, 2.24) is 10.7 Å². The third kappa shape index (κ3) is 4.21. The highest BCUT2D eigenvalue weighted by Crippen LogP contribution is 2.14. The van der Waals surface area contributed by atoms with Crippen molar-refractivity contribution in [2.24, 2.45) is 5.84 Å². The molecule has 4 N–H and O–H groups in total. The third-order valence-electron chi connectivity index (χ3n) is 2.38. The lowest BCUT2D eigenvalue weighted by Gasteiger charge is -2.11. The predicted molar refractivity (Wildman–Crippen MR) is 64.8 cm³/mol. The Bertz CT molecular complexity index is 264. The topological polar surface area (TPSA) is 50.1 Å². The number of allylic oxidation sites excluding steroid dienone is 3. The van der Waals surface area contributed by atoms with E-state index in [4.69, 9.17) is 5.84 Å². The van der Waals surface area contributed by atoms with Crippen LogP contribution in [0.2, 0.25) is 0 Å². The predicted octanol–water partition coefficient (Wildman–Crippen LogP) is 1.96. The molecule has 0 aromatic heterocycles. The van der Waals surface area contributed by atoms with Gasteiger partial charge in [0, 0.05) is 12.7 Å². The van der Waals surface area contributed by atoms with Crippen LogP contribution in [0.4, 0.5) is 0 Å². The second kappa shape index (κ2) is 7.12. The summed E-state index contributed by atoms with van der Waals surface area (Å²) < 4.78 is 0. The summed E-state index contributed by atoms with van der Waals surface area (Å²) in [5, 5.41) is 3.26. The number of rotatable bonds is 6. The molecule has 0 saturated carbocycles. The monoisotopic (exact) mass is 207 g/mol. The number of hydrogen-bond donors (Lipinski definition) is 3. The lowest BCUT2D eigenvalue weighted by molar-refractivity contribution is 0.725. The molecule has 15 heavy (non-hydrogen) atoms. The normalized spacial score (nSPS) is 16.1. The van der Waals surface area contributed by atoms with Crippen molar-refractivity contribution in [1.29, 1.82) is 0 Å². The van der Waals surface area contributed by atoms with Crippen LogP contribution in [-0.4, -0.2) is 6.54 Å². The van der Waals surface area contributed by atoms with Gasteiger partial charge in [-0.15, -0.1) is 0 Å². The summed E-state index contributed by atoms with van der Waals surface area (Å²) >= 11 is 0. The van der Waals surface area contributed by atoms with Crippen LogP contribution < -0.4 is 16.6 Å². The second-order valence-corrected chi connectivity index (χ2v) is 3.65. The molecule has 0 radical (unpaired) electrons. The van der Waals surface area contributed by atoms with E-state index in [0.29, 0.717) is 0 Å². The molecule has 0 atom stereocenters. The van der Waals surface area contributed by atoms with Gasteiger partial charge in [0.2, 0.25) is 0 Å². The average molecular weight is 207 g/mol. The maximum Gasteiger partial charge on any atom is 0.0712 e. The fraction of sp³-hybridized carbons (Fsp3) is 0.500. The molecule has 0 fully saturated rings.